The number of amides is 1. The molecule has 2 N–H and O–H groups in total. The number of hydrogen-bond acceptors (Lipinski definition) is 4. The Morgan fingerprint density at radius 2 is 2.05 bits per heavy atom. The molecule has 0 saturated carbocycles. The van der Waals surface area contributed by atoms with Crippen molar-refractivity contribution in [1.29, 1.82) is 0 Å². The number of carbonyl (C=O) groups excluding carboxylic acids is 1. The Labute approximate surface area is 109 Å². The molecular weight excluding hydrogens is 244 g/mol. The predicted molar refractivity (Wildman–Crippen MR) is 71.9 cm³/mol. The second-order valence-electron chi connectivity index (χ2n) is 3.44. The molecule has 1 amide bonds. The summed E-state index contributed by atoms with van der Waals surface area (Å²) in [7, 11) is 0. The molecule has 0 aliphatic heterocycles. The highest BCUT2D eigenvalue weighted by molar-refractivity contribution is 6.02. The molecule has 0 fully saturated rings. The average Bonchev–Trinajstić information content (AvgIpc) is 3.09. The number of H-pyrrole nitrogens is 1. The van der Waals surface area contributed by atoms with Crippen molar-refractivity contribution in [2.24, 2.45) is 0 Å². The minimum Gasteiger partial charge on any atom is -0.364 e. The summed E-state index contributed by atoms with van der Waals surface area (Å²) < 4.78 is 4.59. The molecule has 3 rings (SSSR count). The Morgan fingerprint density at radius 1 is 1.26 bits per heavy atom. The highest BCUT2D eigenvalue weighted by Crippen LogP contribution is 2.13. The van der Waals surface area contributed by atoms with Crippen LogP contribution in [0, 0.1) is 0 Å². The van der Waals surface area contributed by atoms with Crippen LogP contribution < -0.4 is 5.32 Å². The van der Waals surface area contributed by atoms with Gasteiger partial charge in [0.1, 0.15) is 6.26 Å². The fourth-order valence-corrected chi connectivity index (χ4v) is 1.51. The molecule has 1 aromatic carbocycles. The number of hydrogen-bond donors (Lipinski definition) is 2. The van der Waals surface area contributed by atoms with Gasteiger partial charge in [-0.2, -0.15) is 0 Å². The normalized spacial score (nSPS) is 9.79. The Hall–Kier alpha value is -2.63. The number of aromatic amines is 1. The van der Waals surface area contributed by atoms with Gasteiger partial charge in [0.2, 0.25) is 5.95 Å². The minimum atomic E-state index is -0.363. The van der Waals surface area contributed by atoms with E-state index >= 15 is 0 Å². The molecule has 0 unspecified atom stereocenters. The van der Waals surface area contributed by atoms with E-state index in [2.05, 4.69) is 25.0 Å². The highest BCUT2D eigenvalue weighted by Gasteiger charge is 2.11. The smallest absolute Gasteiger partial charge is 0.280 e. The molecule has 19 heavy (non-hydrogen) atoms. The Morgan fingerprint density at radius 3 is 2.74 bits per heavy atom. The maximum absolute atomic E-state index is 11.7. The predicted octanol–water partition coefficient (Wildman–Crippen LogP) is 2.83. The Balaban J connectivity index is 0.000000637. The zero-order valence-corrected chi connectivity index (χ0v) is 10.7. The topological polar surface area (TPSA) is 83.8 Å². The van der Waals surface area contributed by atoms with E-state index in [1.807, 2.05) is 38.1 Å². The van der Waals surface area contributed by atoms with E-state index in [-0.39, 0.29) is 11.6 Å². The molecule has 0 bridgehead atoms. The zero-order valence-electron chi connectivity index (χ0n) is 10.7. The van der Waals surface area contributed by atoms with Gasteiger partial charge in [-0.1, -0.05) is 31.1 Å². The van der Waals surface area contributed by atoms with Crippen LogP contribution in [-0.2, 0) is 0 Å². The molecular formula is C13H14N4O2. The van der Waals surface area contributed by atoms with Crippen molar-refractivity contribution in [3.8, 4) is 0 Å². The summed E-state index contributed by atoms with van der Waals surface area (Å²) in [6.45, 7) is 4.00. The van der Waals surface area contributed by atoms with Crippen molar-refractivity contribution in [3.05, 3.63) is 42.3 Å². The third-order valence-corrected chi connectivity index (χ3v) is 2.29. The fourth-order valence-electron chi connectivity index (χ4n) is 1.51. The SMILES string of the molecule is CC.O=C(Nc1nc2ccccc2[nH]1)c1ccon1. The maximum atomic E-state index is 11.7. The van der Waals surface area contributed by atoms with Crippen LogP contribution in [0.5, 0.6) is 0 Å². The lowest BCUT2D eigenvalue weighted by atomic mass is 10.3. The third-order valence-electron chi connectivity index (χ3n) is 2.29. The summed E-state index contributed by atoms with van der Waals surface area (Å²) in [5.74, 6) is 0.0250. The summed E-state index contributed by atoms with van der Waals surface area (Å²) in [5.41, 5.74) is 1.87. The number of benzene rings is 1. The van der Waals surface area contributed by atoms with Gasteiger partial charge in [-0.05, 0) is 12.1 Å². The van der Waals surface area contributed by atoms with Crippen molar-refractivity contribution in [1.82, 2.24) is 15.1 Å². The van der Waals surface area contributed by atoms with Gasteiger partial charge in [-0.3, -0.25) is 10.1 Å². The number of imidazole rings is 1. The van der Waals surface area contributed by atoms with Crippen molar-refractivity contribution in [2.75, 3.05) is 5.32 Å². The van der Waals surface area contributed by atoms with E-state index in [4.69, 9.17) is 0 Å². The number of aromatic nitrogens is 3. The standard InChI is InChI=1S/C11H8N4O2.C2H6/c16-10(9-5-6-17-15-9)14-11-12-7-3-1-2-4-8(7)13-11;1-2/h1-6H,(H2,12,13,14,16);1-2H3. The summed E-state index contributed by atoms with van der Waals surface area (Å²) in [5, 5.41) is 6.14. The second kappa shape index (κ2) is 5.81. The molecule has 98 valence electrons. The molecule has 0 spiro atoms. The largest absolute Gasteiger partial charge is 0.364 e. The Kier molecular flexibility index (Phi) is 3.92. The first kappa shape index (κ1) is 12.8. The lowest BCUT2D eigenvalue weighted by Crippen LogP contribution is -2.13. The summed E-state index contributed by atoms with van der Waals surface area (Å²) in [6.07, 6.45) is 1.34. The number of carbonyl (C=O) groups is 1. The van der Waals surface area contributed by atoms with Crippen LogP contribution >= 0.6 is 0 Å². The van der Waals surface area contributed by atoms with E-state index in [1.165, 1.54) is 12.3 Å². The van der Waals surface area contributed by atoms with Crippen LogP contribution in [0.3, 0.4) is 0 Å². The van der Waals surface area contributed by atoms with Crippen LogP contribution in [0.4, 0.5) is 5.95 Å². The fraction of sp³-hybridized carbons (Fsp3) is 0.154. The molecule has 0 saturated heterocycles. The van der Waals surface area contributed by atoms with Gasteiger partial charge >= 0.3 is 0 Å². The number of rotatable bonds is 2. The lowest BCUT2D eigenvalue weighted by molar-refractivity contribution is 0.101. The molecule has 3 aromatic rings. The number of anilines is 1. The molecule has 6 heteroatoms. The molecule has 0 aliphatic carbocycles. The van der Waals surface area contributed by atoms with Gasteiger partial charge < -0.3 is 9.51 Å². The van der Waals surface area contributed by atoms with E-state index in [9.17, 15) is 4.79 Å². The Bertz CT molecular complexity index is 625. The molecule has 6 nitrogen and oxygen atoms in total. The molecule has 2 aromatic heterocycles. The van der Waals surface area contributed by atoms with E-state index in [0.29, 0.717) is 5.95 Å². The van der Waals surface area contributed by atoms with E-state index in [1.54, 1.807) is 0 Å². The van der Waals surface area contributed by atoms with Crippen LogP contribution in [-0.4, -0.2) is 21.0 Å². The first-order valence-electron chi connectivity index (χ1n) is 5.99. The van der Waals surface area contributed by atoms with Crippen molar-refractivity contribution in [3.63, 3.8) is 0 Å². The van der Waals surface area contributed by atoms with Gasteiger partial charge in [-0.25, -0.2) is 4.98 Å². The maximum Gasteiger partial charge on any atom is 0.280 e. The van der Waals surface area contributed by atoms with E-state index < -0.39 is 0 Å². The first-order valence-corrected chi connectivity index (χ1v) is 5.99. The minimum absolute atomic E-state index is 0.213. The van der Waals surface area contributed by atoms with Crippen LogP contribution in [0.1, 0.15) is 24.3 Å². The lowest BCUT2D eigenvalue weighted by Gasteiger charge is -1.95. The number of nitrogens with zero attached hydrogens (tertiary/aromatic N) is 2. The van der Waals surface area contributed by atoms with Gasteiger partial charge in [0.15, 0.2) is 5.69 Å². The number of para-hydroxylation sites is 2. The monoisotopic (exact) mass is 258 g/mol. The summed E-state index contributed by atoms with van der Waals surface area (Å²) in [4.78, 5) is 18.9. The summed E-state index contributed by atoms with van der Waals surface area (Å²) >= 11 is 0. The van der Waals surface area contributed by atoms with Crippen molar-refractivity contribution in [2.45, 2.75) is 13.8 Å². The quantitative estimate of drug-likeness (QED) is 0.740. The third kappa shape index (κ3) is 2.79. The van der Waals surface area contributed by atoms with Gasteiger partial charge in [-0.15, -0.1) is 0 Å². The molecule has 2 heterocycles. The highest BCUT2D eigenvalue weighted by atomic mass is 16.5. The zero-order chi connectivity index (χ0) is 13.7. The van der Waals surface area contributed by atoms with Gasteiger partial charge in [0.25, 0.3) is 5.91 Å². The van der Waals surface area contributed by atoms with Gasteiger partial charge in [0, 0.05) is 6.07 Å². The van der Waals surface area contributed by atoms with Crippen LogP contribution in [0.25, 0.3) is 11.0 Å². The molecule has 0 aliphatic rings. The molecule has 0 atom stereocenters. The second-order valence-corrected chi connectivity index (χ2v) is 3.44. The number of nitrogens with one attached hydrogen (secondary N) is 2. The van der Waals surface area contributed by atoms with Crippen molar-refractivity contribution < 1.29 is 9.32 Å². The average molecular weight is 258 g/mol. The van der Waals surface area contributed by atoms with Crippen LogP contribution in [0.15, 0.2) is 41.1 Å². The number of fused-ring (bicyclic) bond motifs is 1. The van der Waals surface area contributed by atoms with Gasteiger partial charge in [0.05, 0.1) is 11.0 Å². The molecule has 0 radical (unpaired) electrons. The van der Waals surface area contributed by atoms with Crippen molar-refractivity contribution >= 4 is 22.9 Å². The van der Waals surface area contributed by atoms with Crippen LogP contribution in [0.2, 0.25) is 0 Å². The van der Waals surface area contributed by atoms with E-state index in [0.717, 1.165) is 11.0 Å². The first-order chi connectivity index (χ1) is 9.33. The summed E-state index contributed by atoms with van der Waals surface area (Å²) in [6, 6.07) is 9.00.